The maximum absolute atomic E-state index is 11.5. The lowest BCUT2D eigenvalue weighted by atomic mass is 10.2. The molecule has 0 aliphatic carbocycles. The maximum atomic E-state index is 11.5. The van der Waals surface area contributed by atoms with E-state index in [9.17, 15) is 4.79 Å². The number of hydrogen-bond acceptors (Lipinski definition) is 5. The smallest absolute Gasteiger partial charge is 0.275 e. The fraction of sp³-hybridized carbons (Fsp3) is 0.385. The molecule has 0 fully saturated rings. The molecule has 7 heteroatoms. The quantitative estimate of drug-likeness (QED) is 0.490. The Balaban J connectivity index is 2.04. The molecule has 108 valence electrons. The van der Waals surface area contributed by atoms with Gasteiger partial charge in [-0.2, -0.15) is 0 Å². The van der Waals surface area contributed by atoms with Crippen molar-refractivity contribution in [1.82, 2.24) is 19.9 Å². The predicted molar refractivity (Wildman–Crippen MR) is 79.1 cm³/mol. The molecule has 2 aromatic heterocycles. The van der Waals surface area contributed by atoms with Crippen molar-refractivity contribution in [3.63, 3.8) is 0 Å². The molecule has 0 radical (unpaired) electrons. The number of nitrogens with two attached hydrogens (primary N) is 1. The molecule has 2 rings (SSSR count). The van der Waals surface area contributed by atoms with E-state index >= 15 is 0 Å². The zero-order valence-electron chi connectivity index (χ0n) is 11.9. The number of thiophene rings is 1. The molecular formula is C13H19N5OS. The van der Waals surface area contributed by atoms with Crippen molar-refractivity contribution in [2.75, 3.05) is 7.05 Å². The highest BCUT2D eigenvalue weighted by molar-refractivity contribution is 7.14. The second-order valence-corrected chi connectivity index (χ2v) is 6.05. The summed E-state index contributed by atoms with van der Waals surface area (Å²) in [5, 5.41) is 0. The Morgan fingerprint density at radius 3 is 2.90 bits per heavy atom. The van der Waals surface area contributed by atoms with Crippen LogP contribution in [-0.4, -0.2) is 27.4 Å². The van der Waals surface area contributed by atoms with Gasteiger partial charge in [-0.05, 0) is 25.6 Å². The van der Waals surface area contributed by atoms with Gasteiger partial charge < -0.3 is 4.57 Å². The summed E-state index contributed by atoms with van der Waals surface area (Å²) >= 11 is 1.46. The molecule has 2 heterocycles. The van der Waals surface area contributed by atoms with Gasteiger partial charge in [0, 0.05) is 30.9 Å². The Morgan fingerprint density at radius 2 is 2.30 bits per heavy atom. The van der Waals surface area contributed by atoms with E-state index < -0.39 is 0 Å². The Morgan fingerprint density at radius 1 is 1.55 bits per heavy atom. The van der Waals surface area contributed by atoms with Crippen LogP contribution in [-0.2, 0) is 20.1 Å². The van der Waals surface area contributed by atoms with Gasteiger partial charge in [-0.1, -0.05) is 0 Å². The number of nitrogens with zero attached hydrogens (tertiary/aromatic N) is 3. The Hall–Kier alpha value is -1.70. The van der Waals surface area contributed by atoms with Gasteiger partial charge in [-0.25, -0.2) is 10.8 Å². The van der Waals surface area contributed by atoms with E-state index in [1.54, 1.807) is 6.20 Å². The summed E-state index contributed by atoms with van der Waals surface area (Å²) in [4.78, 5) is 19.8. The summed E-state index contributed by atoms with van der Waals surface area (Å²) < 4.78 is 2.00. The minimum atomic E-state index is -0.240. The first-order valence-electron chi connectivity index (χ1n) is 6.26. The number of carbonyl (C=O) groups is 1. The maximum Gasteiger partial charge on any atom is 0.275 e. The van der Waals surface area contributed by atoms with Gasteiger partial charge in [-0.3, -0.25) is 15.1 Å². The molecular weight excluding hydrogens is 274 g/mol. The molecule has 6 nitrogen and oxygen atoms in total. The van der Waals surface area contributed by atoms with E-state index in [-0.39, 0.29) is 5.91 Å². The fourth-order valence-electron chi connectivity index (χ4n) is 2.00. The average molecular weight is 293 g/mol. The zero-order valence-corrected chi connectivity index (χ0v) is 12.7. The van der Waals surface area contributed by atoms with E-state index in [4.69, 9.17) is 5.84 Å². The van der Waals surface area contributed by atoms with Gasteiger partial charge in [0.05, 0.1) is 11.4 Å². The third-order valence-corrected chi connectivity index (χ3v) is 4.24. The second-order valence-electron chi connectivity index (χ2n) is 4.79. The Bertz CT molecular complexity index is 604. The lowest BCUT2D eigenvalue weighted by Crippen LogP contribution is -2.29. The van der Waals surface area contributed by atoms with Crippen LogP contribution in [0, 0.1) is 6.92 Å². The van der Waals surface area contributed by atoms with Crippen LogP contribution < -0.4 is 11.3 Å². The Kier molecular flexibility index (Phi) is 4.53. The van der Waals surface area contributed by atoms with E-state index in [2.05, 4.69) is 15.3 Å². The fourth-order valence-corrected chi connectivity index (χ4v) is 2.93. The third-order valence-electron chi connectivity index (χ3n) is 3.15. The first-order valence-corrected chi connectivity index (χ1v) is 7.08. The lowest BCUT2D eigenvalue weighted by molar-refractivity contribution is 0.0957. The first-order chi connectivity index (χ1) is 9.51. The SMILES string of the molecule is Cc1sc(C(=O)NN)cc1CN(C)Cc1nccn1C. The van der Waals surface area contributed by atoms with Crippen LogP contribution in [0.15, 0.2) is 18.5 Å². The summed E-state index contributed by atoms with van der Waals surface area (Å²) in [5.41, 5.74) is 3.31. The van der Waals surface area contributed by atoms with Crippen LogP contribution in [0.25, 0.3) is 0 Å². The van der Waals surface area contributed by atoms with Gasteiger partial charge >= 0.3 is 0 Å². The average Bonchev–Trinajstić information content (AvgIpc) is 2.96. The van der Waals surface area contributed by atoms with Crippen LogP contribution in [0.1, 0.15) is 25.9 Å². The molecule has 20 heavy (non-hydrogen) atoms. The van der Waals surface area contributed by atoms with Crippen LogP contribution in [0.3, 0.4) is 0 Å². The van der Waals surface area contributed by atoms with Crippen molar-refractivity contribution in [1.29, 1.82) is 0 Å². The monoisotopic (exact) mass is 293 g/mol. The van der Waals surface area contributed by atoms with Gasteiger partial charge in [0.1, 0.15) is 5.82 Å². The minimum Gasteiger partial charge on any atom is -0.337 e. The number of rotatable bonds is 5. The highest BCUT2D eigenvalue weighted by Gasteiger charge is 2.13. The highest BCUT2D eigenvalue weighted by atomic mass is 32.1. The number of nitrogens with one attached hydrogen (secondary N) is 1. The molecule has 3 N–H and O–H groups in total. The molecule has 1 amide bonds. The first kappa shape index (κ1) is 14.7. The van der Waals surface area contributed by atoms with Crippen LogP contribution >= 0.6 is 11.3 Å². The van der Waals surface area contributed by atoms with Crippen molar-refractivity contribution >= 4 is 17.2 Å². The number of amides is 1. The normalized spacial score (nSPS) is 11.1. The number of aryl methyl sites for hydroxylation is 2. The zero-order chi connectivity index (χ0) is 14.7. The van der Waals surface area contributed by atoms with Crippen molar-refractivity contribution in [3.05, 3.63) is 39.6 Å². The molecule has 0 aliphatic rings. The van der Waals surface area contributed by atoms with Crippen molar-refractivity contribution in [3.8, 4) is 0 Å². The van der Waals surface area contributed by atoms with E-state index in [0.29, 0.717) is 4.88 Å². The van der Waals surface area contributed by atoms with Crippen molar-refractivity contribution in [2.45, 2.75) is 20.0 Å². The number of nitrogen functional groups attached to an aromatic ring is 1. The minimum absolute atomic E-state index is 0.240. The molecule has 0 saturated heterocycles. The summed E-state index contributed by atoms with van der Waals surface area (Å²) in [6.07, 6.45) is 3.73. The second kappa shape index (κ2) is 6.17. The number of hydrogen-bond donors (Lipinski definition) is 2. The van der Waals surface area contributed by atoms with Crippen LogP contribution in [0.5, 0.6) is 0 Å². The van der Waals surface area contributed by atoms with E-state index in [0.717, 1.165) is 29.4 Å². The largest absolute Gasteiger partial charge is 0.337 e. The molecule has 0 aliphatic heterocycles. The summed E-state index contributed by atoms with van der Waals surface area (Å²) in [7, 11) is 4.02. The summed E-state index contributed by atoms with van der Waals surface area (Å²) in [6.45, 7) is 3.55. The lowest BCUT2D eigenvalue weighted by Gasteiger charge is -2.16. The van der Waals surface area contributed by atoms with Crippen LogP contribution in [0.4, 0.5) is 0 Å². The predicted octanol–water partition coefficient (Wildman–Crippen LogP) is 1.03. The van der Waals surface area contributed by atoms with Gasteiger partial charge in [0.15, 0.2) is 0 Å². The molecule has 2 aromatic rings. The van der Waals surface area contributed by atoms with Gasteiger partial charge in [-0.15, -0.1) is 11.3 Å². The molecule has 0 aromatic carbocycles. The third kappa shape index (κ3) is 3.24. The number of carbonyl (C=O) groups excluding carboxylic acids is 1. The van der Waals surface area contributed by atoms with Crippen molar-refractivity contribution in [2.24, 2.45) is 12.9 Å². The van der Waals surface area contributed by atoms with Gasteiger partial charge in [0.25, 0.3) is 5.91 Å². The molecule has 0 unspecified atom stereocenters. The summed E-state index contributed by atoms with van der Waals surface area (Å²) in [6, 6.07) is 1.90. The molecule has 0 saturated carbocycles. The summed E-state index contributed by atoms with van der Waals surface area (Å²) in [5.74, 6) is 5.93. The van der Waals surface area contributed by atoms with Crippen molar-refractivity contribution < 1.29 is 4.79 Å². The topological polar surface area (TPSA) is 76.2 Å². The standard InChI is InChI=1S/C13H19N5OS/c1-9-10(6-11(20-9)13(19)16-14)7-17(2)8-12-15-4-5-18(12)3/h4-6H,7-8,14H2,1-3H3,(H,16,19). The van der Waals surface area contributed by atoms with E-state index in [1.165, 1.54) is 11.3 Å². The molecule has 0 atom stereocenters. The van der Waals surface area contributed by atoms with E-state index in [1.807, 2.05) is 37.8 Å². The van der Waals surface area contributed by atoms with Crippen LogP contribution in [0.2, 0.25) is 0 Å². The highest BCUT2D eigenvalue weighted by Crippen LogP contribution is 2.22. The molecule has 0 bridgehead atoms. The molecule has 0 spiro atoms. The number of imidazole rings is 1. The number of hydrazine groups is 1. The Labute approximate surface area is 122 Å². The number of aromatic nitrogens is 2. The van der Waals surface area contributed by atoms with Gasteiger partial charge in [0.2, 0.25) is 0 Å².